The van der Waals surface area contributed by atoms with Crippen molar-refractivity contribution in [2.75, 3.05) is 46.6 Å². The van der Waals surface area contributed by atoms with Crippen molar-refractivity contribution in [2.24, 2.45) is 0 Å². The Kier molecular flexibility index (Phi) is 5.39. The summed E-state index contributed by atoms with van der Waals surface area (Å²) in [7, 11) is 1.70. The van der Waals surface area contributed by atoms with Gasteiger partial charge >= 0.3 is 0 Å². The van der Waals surface area contributed by atoms with Crippen molar-refractivity contribution in [1.29, 1.82) is 0 Å². The second kappa shape index (κ2) is 8.08. The number of nitrogens with zero attached hydrogens (tertiary/aromatic N) is 1. The summed E-state index contributed by atoms with van der Waals surface area (Å²) in [6.07, 6.45) is 0. The molecule has 136 valence electrons. The zero-order chi connectivity index (χ0) is 17.8. The Hall–Kier alpha value is -2.08. The van der Waals surface area contributed by atoms with E-state index in [2.05, 4.69) is 47.4 Å². The van der Waals surface area contributed by atoms with Gasteiger partial charge in [-0.3, -0.25) is 4.90 Å². The largest absolute Gasteiger partial charge is 0.497 e. The summed E-state index contributed by atoms with van der Waals surface area (Å²) in [5.41, 5.74) is 1.21. The van der Waals surface area contributed by atoms with Gasteiger partial charge in [-0.2, -0.15) is 0 Å². The maximum Gasteiger partial charge on any atom is 0.120 e. The van der Waals surface area contributed by atoms with Crippen LogP contribution >= 0.6 is 11.3 Å². The molecule has 0 aliphatic carbocycles. The summed E-state index contributed by atoms with van der Waals surface area (Å²) in [5, 5.41) is 1.25. The van der Waals surface area contributed by atoms with Gasteiger partial charge in [0.2, 0.25) is 0 Å². The molecule has 0 atom stereocenters. The first-order chi connectivity index (χ1) is 12.8. The zero-order valence-electron chi connectivity index (χ0n) is 14.9. The predicted octanol–water partition coefficient (Wildman–Crippen LogP) is 4.29. The summed E-state index contributed by atoms with van der Waals surface area (Å²) in [5.74, 6) is 1.82. The van der Waals surface area contributed by atoms with E-state index in [4.69, 9.17) is 14.2 Å². The highest BCUT2D eigenvalue weighted by Gasteiger charge is 2.10. The van der Waals surface area contributed by atoms with Crippen LogP contribution in [0.15, 0.2) is 48.5 Å². The van der Waals surface area contributed by atoms with Crippen molar-refractivity contribution < 1.29 is 14.2 Å². The number of hydrogen-bond acceptors (Lipinski definition) is 5. The summed E-state index contributed by atoms with van der Waals surface area (Å²) in [6, 6.07) is 16.8. The van der Waals surface area contributed by atoms with Crippen molar-refractivity contribution in [3.8, 4) is 21.9 Å². The Bertz CT molecular complexity index is 853. The Morgan fingerprint density at radius 3 is 2.54 bits per heavy atom. The van der Waals surface area contributed by atoms with Crippen LogP contribution < -0.4 is 9.47 Å². The van der Waals surface area contributed by atoms with Crippen molar-refractivity contribution in [3.63, 3.8) is 0 Å². The maximum atomic E-state index is 5.89. The van der Waals surface area contributed by atoms with E-state index in [1.54, 1.807) is 18.4 Å². The molecule has 2 aromatic carbocycles. The average Bonchev–Trinajstić information content (AvgIpc) is 3.12. The molecule has 0 saturated carbocycles. The summed E-state index contributed by atoms with van der Waals surface area (Å²) in [6.45, 7) is 5.31. The lowest BCUT2D eigenvalue weighted by molar-refractivity contribution is 0.0322. The Morgan fingerprint density at radius 1 is 1.00 bits per heavy atom. The van der Waals surface area contributed by atoms with Crippen LogP contribution in [0.4, 0.5) is 0 Å². The van der Waals surface area contributed by atoms with E-state index in [0.29, 0.717) is 6.61 Å². The van der Waals surface area contributed by atoms with Crippen molar-refractivity contribution in [1.82, 2.24) is 4.90 Å². The number of hydrogen-bond donors (Lipinski definition) is 0. The number of methoxy groups -OCH3 is 1. The van der Waals surface area contributed by atoms with E-state index < -0.39 is 0 Å². The molecule has 1 saturated heterocycles. The second-order valence-corrected chi connectivity index (χ2v) is 7.43. The normalized spacial score (nSPS) is 15.3. The van der Waals surface area contributed by atoms with E-state index in [9.17, 15) is 0 Å². The molecule has 0 unspecified atom stereocenters. The second-order valence-electron chi connectivity index (χ2n) is 6.34. The summed E-state index contributed by atoms with van der Waals surface area (Å²) < 4.78 is 17.8. The monoisotopic (exact) mass is 369 g/mol. The van der Waals surface area contributed by atoms with Gasteiger partial charge in [0.25, 0.3) is 0 Å². The van der Waals surface area contributed by atoms with Gasteiger partial charge in [0.05, 0.1) is 20.3 Å². The highest BCUT2D eigenvalue weighted by Crippen LogP contribution is 2.35. The Balaban J connectivity index is 1.39. The zero-order valence-corrected chi connectivity index (χ0v) is 15.8. The molecule has 1 aliphatic rings. The lowest BCUT2D eigenvalue weighted by Gasteiger charge is -2.26. The molecule has 0 radical (unpaired) electrons. The molecule has 4 nitrogen and oxygen atoms in total. The van der Waals surface area contributed by atoms with E-state index in [-0.39, 0.29) is 0 Å². The number of thiophene rings is 1. The molecular weight excluding hydrogens is 346 g/mol. The van der Waals surface area contributed by atoms with Gasteiger partial charge in [-0.15, -0.1) is 11.3 Å². The van der Waals surface area contributed by atoms with Crippen molar-refractivity contribution >= 4 is 21.4 Å². The highest BCUT2D eigenvalue weighted by atomic mass is 32.1. The standard InChI is InChI=1S/C21H23NO3S/c1-23-19-7-4-17-14-20(26-21(17)15-19)16-2-5-18(6-3-16)25-13-10-22-8-11-24-12-9-22/h2-7,14-15H,8-13H2,1H3. The lowest BCUT2D eigenvalue weighted by atomic mass is 10.1. The molecule has 0 spiro atoms. The first kappa shape index (κ1) is 17.3. The average molecular weight is 369 g/mol. The molecule has 0 N–H and O–H groups in total. The fourth-order valence-corrected chi connectivity index (χ4v) is 4.21. The topological polar surface area (TPSA) is 30.9 Å². The summed E-state index contributed by atoms with van der Waals surface area (Å²) >= 11 is 1.78. The molecule has 1 aliphatic heterocycles. The lowest BCUT2D eigenvalue weighted by Crippen LogP contribution is -2.38. The van der Waals surface area contributed by atoms with E-state index in [1.807, 2.05) is 6.07 Å². The van der Waals surface area contributed by atoms with Gasteiger partial charge in [-0.05, 0) is 59.5 Å². The first-order valence-electron chi connectivity index (χ1n) is 8.93. The summed E-state index contributed by atoms with van der Waals surface area (Å²) in [4.78, 5) is 3.64. The fourth-order valence-electron chi connectivity index (χ4n) is 3.11. The molecule has 26 heavy (non-hydrogen) atoms. The minimum atomic E-state index is 0.710. The molecule has 5 heteroatoms. The van der Waals surface area contributed by atoms with Crippen LogP contribution in [0.2, 0.25) is 0 Å². The third kappa shape index (κ3) is 4.01. The van der Waals surface area contributed by atoms with Gasteiger partial charge in [0, 0.05) is 29.2 Å². The van der Waals surface area contributed by atoms with E-state index in [1.165, 1.54) is 20.5 Å². The van der Waals surface area contributed by atoms with Gasteiger partial charge in [-0.1, -0.05) is 0 Å². The third-order valence-electron chi connectivity index (χ3n) is 4.65. The van der Waals surface area contributed by atoms with Crippen LogP contribution in [-0.2, 0) is 4.74 Å². The quantitative estimate of drug-likeness (QED) is 0.649. The molecule has 3 aromatic rings. The van der Waals surface area contributed by atoms with E-state index in [0.717, 1.165) is 44.3 Å². The van der Waals surface area contributed by atoms with Crippen LogP contribution in [0.1, 0.15) is 0 Å². The molecule has 1 aromatic heterocycles. The predicted molar refractivity (Wildman–Crippen MR) is 107 cm³/mol. The number of ether oxygens (including phenoxy) is 3. The van der Waals surface area contributed by atoms with Crippen molar-refractivity contribution in [2.45, 2.75) is 0 Å². The third-order valence-corrected chi connectivity index (χ3v) is 5.79. The highest BCUT2D eigenvalue weighted by molar-refractivity contribution is 7.22. The van der Waals surface area contributed by atoms with Gasteiger partial charge in [0.15, 0.2) is 0 Å². The SMILES string of the molecule is COc1ccc2cc(-c3ccc(OCCN4CCOCC4)cc3)sc2c1. The van der Waals surface area contributed by atoms with Crippen molar-refractivity contribution in [3.05, 3.63) is 48.5 Å². The molecule has 1 fully saturated rings. The minimum absolute atomic E-state index is 0.710. The van der Waals surface area contributed by atoms with Crippen LogP contribution in [0.3, 0.4) is 0 Å². The molecular formula is C21H23NO3S. The number of morpholine rings is 1. The number of benzene rings is 2. The molecule has 2 heterocycles. The first-order valence-corrected chi connectivity index (χ1v) is 9.74. The van der Waals surface area contributed by atoms with Crippen LogP contribution in [0.25, 0.3) is 20.5 Å². The van der Waals surface area contributed by atoms with Gasteiger partial charge in [0.1, 0.15) is 18.1 Å². The van der Waals surface area contributed by atoms with Gasteiger partial charge in [-0.25, -0.2) is 0 Å². The Morgan fingerprint density at radius 2 is 1.77 bits per heavy atom. The number of fused-ring (bicyclic) bond motifs is 1. The van der Waals surface area contributed by atoms with Crippen LogP contribution in [0, 0.1) is 0 Å². The van der Waals surface area contributed by atoms with E-state index >= 15 is 0 Å². The van der Waals surface area contributed by atoms with Crippen LogP contribution in [-0.4, -0.2) is 51.5 Å². The molecule has 0 bridgehead atoms. The molecule has 0 amide bonds. The number of rotatable bonds is 6. The minimum Gasteiger partial charge on any atom is -0.497 e. The smallest absolute Gasteiger partial charge is 0.120 e. The maximum absolute atomic E-state index is 5.89. The molecule has 4 rings (SSSR count). The Labute approximate surface area is 157 Å². The van der Waals surface area contributed by atoms with Crippen LogP contribution in [0.5, 0.6) is 11.5 Å². The fraction of sp³-hybridized carbons (Fsp3) is 0.333. The van der Waals surface area contributed by atoms with Gasteiger partial charge < -0.3 is 14.2 Å².